The molecule has 0 atom stereocenters. The minimum absolute atomic E-state index is 0.436. The Morgan fingerprint density at radius 2 is 2.33 bits per heavy atom. The first-order valence-electron chi connectivity index (χ1n) is 3.50. The molecular weight excluding hydrogens is 176 g/mol. The van der Waals surface area contributed by atoms with Gasteiger partial charge in [0.1, 0.15) is 6.29 Å². The predicted octanol–water partition coefficient (Wildman–Crippen LogP) is 2.30. The van der Waals surface area contributed by atoms with E-state index in [4.69, 9.17) is 16.3 Å². The number of halogens is 1. The molecule has 0 aliphatic carbocycles. The Morgan fingerprint density at radius 1 is 1.58 bits per heavy atom. The Kier molecular flexibility index (Phi) is 3.26. The van der Waals surface area contributed by atoms with Crippen LogP contribution in [0.3, 0.4) is 0 Å². The van der Waals surface area contributed by atoms with Crippen LogP contribution in [0.4, 0.5) is 0 Å². The van der Waals surface area contributed by atoms with Crippen LogP contribution in [-0.2, 0) is 11.3 Å². The number of carbonyl (C=O) groups excluding carboxylic acids is 1. The van der Waals surface area contributed by atoms with Gasteiger partial charge in [-0.25, -0.2) is 0 Å². The Bertz CT molecular complexity index is 284. The van der Waals surface area contributed by atoms with Crippen molar-refractivity contribution in [2.45, 2.75) is 6.61 Å². The van der Waals surface area contributed by atoms with Crippen LogP contribution in [0.25, 0.3) is 0 Å². The predicted molar refractivity (Wildman–Crippen MR) is 47.6 cm³/mol. The van der Waals surface area contributed by atoms with Gasteiger partial charge in [-0.05, 0) is 17.7 Å². The van der Waals surface area contributed by atoms with Crippen molar-refractivity contribution in [3.05, 3.63) is 34.3 Å². The molecule has 0 heterocycles. The normalized spacial score (nSPS) is 9.83. The zero-order valence-electron chi connectivity index (χ0n) is 6.71. The Labute approximate surface area is 76.1 Å². The number of ether oxygens (including phenoxy) is 1. The summed E-state index contributed by atoms with van der Waals surface area (Å²) in [6.07, 6.45) is 0.778. The molecule has 1 aromatic rings. The standard InChI is InChI=1S/C9H9ClO2/c1-12-6-7-2-3-9(10)4-8(7)5-11/h2-5H,6H2,1H3. The molecule has 0 unspecified atom stereocenters. The van der Waals surface area contributed by atoms with Crippen molar-refractivity contribution >= 4 is 17.9 Å². The van der Waals surface area contributed by atoms with Crippen molar-refractivity contribution in [3.63, 3.8) is 0 Å². The molecule has 1 rings (SSSR count). The molecule has 0 spiro atoms. The highest BCUT2D eigenvalue weighted by Crippen LogP contribution is 2.14. The zero-order chi connectivity index (χ0) is 8.97. The maximum Gasteiger partial charge on any atom is 0.150 e. The fraction of sp³-hybridized carbons (Fsp3) is 0.222. The molecule has 0 aliphatic rings. The van der Waals surface area contributed by atoms with E-state index in [1.54, 1.807) is 25.3 Å². The summed E-state index contributed by atoms with van der Waals surface area (Å²) in [6.45, 7) is 0.436. The summed E-state index contributed by atoms with van der Waals surface area (Å²) in [4.78, 5) is 10.5. The minimum Gasteiger partial charge on any atom is -0.380 e. The number of benzene rings is 1. The average Bonchev–Trinajstić information content (AvgIpc) is 2.08. The third-order valence-corrected chi connectivity index (χ3v) is 1.77. The summed E-state index contributed by atoms with van der Waals surface area (Å²) in [5.41, 5.74) is 1.45. The van der Waals surface area contributed by atoms with E-state index in [0.29, 0.717) is 17.2 Å². The first-order valence-corrected chi connectivity index (χ1v) is 3.88. The maximum atomic E-state index is 10.5. The molecular formula is C9H9ClO2. The van der Waals surface area contributed by atoms with Gasteiger partial charge in [0.15, 0.2) is 0 Å². The van der Waals surface area contributed by atoms with Crippen LogP contribution in [0.5, 0.6) is 0 Å². The number of hydrogen-bond donors (Lipinski definition) is 0. The molecule has 0 amide bonds. The van der Waals surface area contributed by atoms with Crippen molar-refractivity contribution in [3.8, 4) is 0 Å². The van der Waals surface area contributed by atoms with Crippen molar-refractivity contribution in [2.24, 2.45) is 0 Å². The van der Waals surface area contributed by atoms with Crippen LogP contribution in [-0.4, -0.2) is 13.4 Å². The molecule has 0 radical (unpaired) electrons. The molecule has 0 saturated heterocycles. The van der Waals surface area contributed by atoms with E-state index in [0.717, 1.165) is 11.8 Å². The van der Waals surface area contributed by atoms with Crippen molar-refractivity contribution in [1.82, 2.24) is 0 Å². The van der Waals surface area contributed by atoms with E-state index in [1.807, 2.05) is 0 Å². The van der Waals surface area contributed by atoms with Gasteiger partial charge in [-0.15, -0.1) is 0 Å². The Morgan fingerprint density at radius 3 is 2.92 bits per heavy atom. The van der Waals surface area contributed by atoms with Gasteiger partial charge in [-0.2, -0.15) is 0 Å². The molecule has 0 fully saturated rings. The molecule has 3 heteroatoms. The van der Waals surface area contributed by atoms with Gasteiger partial charge >= 0.3 is 0 Å². The van der Waals surface area contributed by atoms with E-state index in [9.17, 15) is 4.79 Å². The van der Waals surface area contributed by atoms with Crippen LogP contribution >= 0.6 is 11.6 Å². The molecule has 12 heavy (non-hydrogen) atoms. The summed E-state index contributed by atoms with van der Waals surface area (Å²) in [6, 6.07) is 5.15. The van der Waals surface area contributed by atoms with Crippen LogP contribution in [0.2, 0.25) is 5.02 Å². The van der Waals surface area contributed by atoms with E-state index in [1.165, 1.54) is 0 Å². The number of hydrogen-bond acceptors (Lipinski definition) is 2. The molecule has 0 aliphatic heterocycles. The van der Waals surface area contributed by atoms with E-state index >= 15 is 0 Å². The second-order valence-electron chi connectivity index (χ2n) is 2.39. The minimum atomic E-state index is 0.436. The summed E-state index contributed by atoms with van der Waals surface area (Å²) >= 11 is 5.70. The van der Waals surface area contributed by atoms with Crippen LogP contribution in [0.1, 0.15) is 15.9 Å². The number of aldehydes is 1. The molecule has 64 valence electrons. The van der Waals surface area contributed by atoms with Crippen molar-refractivity contribution in [2.75, 3.05) is 7.11 Å². The SMILES string of the molecule is COCc1ccc(Cl)cc1C=O. The first kappa shape index (κ1) is 9.23. The van der Waals surface area contributed by atoms with Gasteiger partial charge in [0.2, 0.25) is 0 Å². The smallest absolute Gasteiger partial charge is 0.150 e. The molecule has 0 N–H and O–H groups in total. The molecule has 0 saturated carbocycles. The fourth-order valence-electron chi connectivity index (χ4n) is 0.962. The quantitative estimate of drug-likeness (QED) is 0.674. The van der Waals surface area contributed by atoms with Gasteiger partial charge < -0.3 is 4.74 Å². The lowest BCUT2D eigenvalue weighted by Gasteiger charge is -2.02. The third-order valence-electron chi connectivity index (χ3n) is 1.53. The summed E-state index contributed by atoms with van der Waals surface area (Å²) < 4.78 is 4.91. The Hall–Kier alpha value is -0.860. The van der Waals surface area contributed by atoms with Gasteiger partial charge in [0.05, 0.1) is 6.61 Å². The Balaban J connectivity index is 3.02. The summed E-state index contributed by atoms with van der Waals surface area (Å²) in [5.74, 6) is 0. The third kappa shape index (κ3) is 2.06. The molecule has 2 nitrogen and oxygen atoms in total. The molecule has 0 aromatic heterocycles. The van der Waals surface area contributed by atoms with Crippen LogP contribution in [0, 0.1) is 0 Å². The van der Waals surface area contributed by atoms with E-state index in [-0.39, 0.29) is 0 Å². The maximum absolute atomic E-state index is 10.5. The van der Waals surface area contributed by atoms with E-state index < -0.39 is 0 Å². The van der Waals surface area contributed by atoms with Gasteiger partial charge in [-0.1, -0.05) is 17.7 Å². The van der Waals surface area contributed by atoms with Gasteiger partial charge in [0.25, 0.3) is 0 Å². The highest BCUT2D eigenvalue weighted by molar-refractivity contribution is 6.30. The summed E-state index contributed by atoms with van der Waals surface area (Å²) in [7, 11) is 1.59. The summed E-state index contributed by atoms with van der Waals surface area (Å²) in [5, 5.41) is 0.567. The topological polar surface area (TPSA) is 26.3 Å². The second-order valence-corrected chi connectivity index (χ2v) is 2.83. The highest BCUT2D eigenvalue weighted by Gasteiger charge is 2.00. The first-order chi connectivity index (χ1) is 5.77. The number of carbonyl (C=O) groups is 1. The number of rotatable bonds is 3. The van der Waals surface area contributed by atoms with Crippen LogP contribution < -0.4 is 0 Å². The van der Waals surface area contributed by atoms with Crippen molar-refractivity contribution < 1.29 is 9.53 Å². The highest BCUT2D eigenvalue weighted by atomic mass is 35.5. The molecule has 0 bridgehead atoms. The van der Waals surface area contributed by atoms with Crippen molar-refractivity contribution in [1.29, 1.82) is 0 Å². The number of methoxy groups -OCH3 is 1. The molecule has 1 aromatic carbocycles. The fourth-order valence-corrected chi connectivity index (χ4v) is 1.14. The zero-order valence-corrected chi connectivity index (χ0v) is 7.47. The van der Waals surface area contributed by atoms with Gasteiger partial charge in [-0.3, -0.25) is 4.79 Å². The van der Waals surface area contributed by atoms with E-state index in [2.05, 4.69) is 0 Å². The lowest BCUT2D eigenvalue weighted by molar-refractivity contribution is 0.111. The average molecular weight is 185 g/mol. The van der Waals surface area contributed by atoms with Gasteiger partial charge in [0, 0.05) is 17.7 Å². The second kappa shape index (κ2) is 4.24. The monoisotopic (exact) mass is 184 g/mol. The van der Waals surface area contributed by atoms with Crippen LogP contribution in [0.15, 0.2) is 18.2 Å². The largest absolute Gasteiger partial charge is 0.380 e. The lowest BCUT2D eigenvalue weighted by atomic mass is 10.1. The lowest BCUT2D eigenvalue weighted by Crippen LogP contribution is -1.93.